The second-order valence-electron chi connectivity index (χ2n) is 7.28. The topological polar surface area (TPSA) is 116 Å². The Morgan fingerprint density at radius 3 is 2.55 bits per heavy atom. The van der Waals surface area contributed by atoms with Crippen LogP contribution in [-0.4, -0.2) is 52.7 Å². The average molecular weight is 397 g/mol. The molecule has 2 aromatic rings. The van der Waals surface area contributed by atoms with Gasteiger partial charge in [0.25, 0.3) is 11.8 Å². The van der Waals surface area contributed by atoms with Crippen LogP contribution in [0.4, 0.5) is 5.69 Å². The number of benzene rings is 2. The predicted molar refractivity (Wildman–Crippen MR) is 110 cm³/mol. The third-order valence-electron chi connectivity index (χ3n) is 5.29. The lowest BCUT2D eigenvalue weighted by atomic mass is 9.88. The van der Waals surface area contributed by atoms with Crippen molar-refractivity contribution >= 4 is 17.5 Å². The summed E-state index contributed by atoms with van der Waals surface area (Å²) in [5.41, 5.74) is 9.00. The minimum Gasteiger partial charge on any atom is -0.393 e. The molecule has 154 valence electrons. The molecule has 0 spiro atoms. The van der Waals surface area contributed by atoms with Gasteiger partial charge in [0, 0.05) is 30.9 Å². The molecule has 7 heteroatoms. The van der Waals surface area contributed by atoms with Gasteiger partial charge in [-0.2, -0.15) is 0 Å². The van der Waals surface area contributed by atoms with Crippen molar-refractivity contribution < 1.29 is 19.8 Å². The van der Waals surface area contributed by atoms with Crippen LogP contribution in [0.25, 0.3) is 0 Å². The normalized spacial score (nSPS) is 15.8. The molecule has 1 unspecified atom stereocenters. The molecule has 1 heterocycles. The van der Waals surface area contributed by atoms with Crippen LogP contribution in [-0.2, 0) is 11.3 Å². The van der Waals surface area contributed by atoms with Gasteiger partial charge in [0.05, 0.1) is 6.61 Å². The quantitative estimate of drug-likeness (QED) is 0.589. The summed E-state index contributed by atoms with van der Waals surface area (Å²) in [7, 11) is 0. The number of carbonyl (C=O) groups is 2. The van der Waals surface area contributed by atoms with Crippen molar-refractivity contribution in [1.82, 2.24) is 4.90 Å². The number of nitrogens with zero attached hydrogens (tertiary/aromatic N) is 1. The number of amides is 2. The Morgan fingerprint density at radius 1 is 1.14 bits per heavy atom. The lowest BCUT2D eigenvalue weighted by Gasteiger charge is -2.32. The van der Waals surface area contributed by atoms with Crippen molar-refractivity contribution in [3.63, 3.8) is 0 Å². The molecule has 0 aliphatic carbocycles. The van der Waals surface area contributed by atoms with Crippen molar-refractivity contribution in [2.45, 2.75) is 31.4 Å². The maximum Gasteiger partial charge on any atom is 0.255 e. The maximum absolute atomic E-state index is 12.9. The summed E-state index contributed by atoms with van der Waals surface area (Å²) in [5, 5.41) is 20.7. The number of rotatable bonds is 6. The molecule has 7 nitrogen and oxygen atoms in total. The van der Waals surface area contributed by atoms with Crippen LogP contribution in [0.3, 0.4) is 0 Å². The smallest absolute Gasteiger partial charge is 0.255 e. The van der Waals surface area contributed by atoms with Crippen LogP contribution in [0.2, 0.25) is 0 Å². The fraction of sp³-hybridized carbons (Fsp3) is 0.364. The van der Waals surface area contributed by atoms with Crippen LogP contribution in [0.15, 0.2) is 48.5 Å². The molecule has 1 fully saturated rings. The Bertz CT molecular complexity index is 863. The molecule has 5 N–H and O–H groups in total. The van der Waals surface area contributed by atoms with Gasteiger partial charge in [-0.1, -0.05) is 30.3 Å². The second-order valence-corrected chi connectivity index (χ2v) is 7.28. The van der Waals surface area contributed by atoms with E-state index in [4.69, 9.17) is 10.8 Å². The van der Waals surface area contributed by atoms with Crippen LogP contribution >= 0.6 is 0 Å². The number of likely N-dealkylation sites (tertiary alicyclic amines) is 1. The van der Waals surface area contributed by atoms with Crippen LogP contribution in [0, 0.1) is 0 Å². The number of piperidine rings is 1. The molecule has 1 saturated heterocycles. The second kappa shape index (κ2) is 9.65. The zero-order valence-corrected chi connectivity index (χ0v) is 16.3. The Morgan fingerprint density at radius 2 is 1.86 bits per heavy atom. The highest BCUT2D eigenvalue weighted by Crippen LogP contribution is 2.29. The first-order valence-corrected chi connectivity index (χ1v) is 9.80. The molecule has 0 saturated carbocycles. The first-order valence-electron chi connectivity index (χ1n) is 9.80. The minimum atomic E-state index is -1.49. The summed E-state index contributed by atoms with van der Waals surface area (Å²) in [6.45, 7) is 1.19. The molecule has 1 aliphatic rings. The van der Waals surface area contributed by atoms with Gasteiger partial charge in [0.15, 0.2) is 6.10 Å². The molecule has 0 bridgehead atoms. The van der Waals surface area contributed by atoms with Crippen molar-refractivity contribution in [3.8, 4) is 0 Å². The molecular weight excluding hydrogens is 370 g/mol. The zero-order chi connectivity index (χ0) is 20.8. The fourth-order valence-electron chi connectivity index (χ4n) is 3.61. The van der Waals surface area contributed by atoms with Gasteiger partial charge in [0.1, 0.15) is 0 Å². The molecular formula is C22H27N3O4. The van der Waals surface area contributed by atoms with E-state index in [1.807, 2.05) is 17.0 Å². The number of nitrogens with two attached hydrogens (primary N) is 1. The molecule has 0 aromatic heterocycles. The van der Waals surface area contributed by atoms with Gasteiger partial charge >= 0.3 is 0 Å². The van der Waals surface area contributed by atoms with Crippen molar-refractivity contribution in [2.24, 2.45) is 5.73 Å². The Balaban J connectivity index is 1.62. The monoisotopic (exact) mass is 397 g/mol. The number of anilines is 1. The van der Waals surface area contributed by atoms with E-state index >= 15 is 0 Å². The highest BCUT2D eigenvalue weighted by molar-refractivity contribution is 5.98. The highest BCUT2D eigenvalue weighted by atomic mass is 16.3. The van der Waals surface area contributed by atoms with Crippen LogP contribution in [0.1, 0.15) is 40.2 Å². The summed E-state index contributed by atoms with van der Waals surface area (Å²) < 4.78 is 0. The summed E-state index contributed by atoms with van der Waals surface area (Å²) in [4.78, 5) is 26.4. The van der Waals surface area contributed by atoms with E-state index in [2.05, 4.69) is 17.4 Å². The molecule has 1 atom stereocenters. The summed E-state index contributed by atoms with van der Waals surface area (Å²) in [5.74, 6) is -0.383. The van der Waals surface area contributed by atoms with Crippen molar-refractivity contribution in [2.75, 3.05) is 25.0 Å². The van der Waals surface area contributed by atoms with Gasteiger partial charge in [-0.15, -0.1) is 0 Å². The number of carbonyl (C=O) groups excluding carboxylic acids is 2. The third-order valence-corrected chi connectivity index (χ3v) is 5.29. The zero-order valence-electron chi connectivity index (χ0n) is 16.3. The Hall–Kier alpha value is -2.74. The highest BCUT2D eigenvalue weighted by Gasteiger charge is 2.25. The number of hydrogen-bond donors (Lipinski definition) is 4. The van der Waals surface area contributed by atoms with E-state index < -0.39 is 18.6 Å². The molecule has 29 heavy (non-hydrogen) atoms. The molecule has 2 amide bonds. The van der Waals surface area contributed by atoms with Gasteiger partial charge in [-0.05, 0) is 48.1 Å². The van der Waals surface area contributed by atoms with E-state index in [1.165, 1.54) is 5.56 Å². The van der Waals surface area contributed by atoms with Crippen molar-refractivity contribution in [1.29, 1.82) is 0 Å². The first-order chi connectivity index (χ1) is 14.0. The summed E-state index contributed by atoms with van der Waals surface area (Å²) >= 11 is 0. The van der Waals surface area contributed by atoms with E-state index in [1.54, 1.807) is 24.3 Å². The standard InChI is InChI=1S/C22H27N3O4/c23-13-15-3-1-4-17(11-15)16-7-9-25(10-8-16)22(29)18-5-2-6-19(12-18)24-21(28)20(27)14-26/h1-6,11-12,16,20,26-27H,7-10,13-14,23H2,(H,24,28). The van der Waals surface area contributed by atoms with E-state index in [-0.39, 0.29) is 5.91 Å². The molecule has 2 aromatic carbocycles. The van der Waals surface area contributed by atoms with E-state index in [0.717, 1.165) is 18.4 Å². The van der Waals surface area contributed by atoms with Crippen LogP contribution in [0.5, 0.6) is 0 Å². The predicted octanol–water partition coefficient (Wildman–Crippen LogP) is 1.46. The van der Waals surface area contributed by atoms with Gasteiger partial charge in [0.2, 0.25) is 0 Å². The summed E-state index contributed by atoms with van der Waals surface area (Å²) in [6.07, 6.45) is 0.281. The van der Waals surface area contributed by atoms with E-state index in [0.29, 0.717) is 36.8 Å². The van der Waals surface area contributed by atoms with Gasteiger partial charge < -0.3 is 26.2 Å². The summed E-state index contributed by atoms with van der Waals surface area (Å²) in [6, 6.07) is 14.9. The Labute approximate surface area is 170 Å². The average Bonchev–Trinajstić information content (AvgIpc) is 2.78. The lowest BCUT2D eigenvalue weighted by molar-refractivity contribution is -0.125. The third kappa shape index (κ3) is 5.20. The Kier molecular flexibility index (Phi) is 6.98. The molecule has 1 aliphatic heterocycles. The van der Waals surface area contributed by atoms with E-state index in [9.17, 15) is 14.7 Å². The fourth-order valence-corrected chi connectivity index (χ4v) is 3.61. The van der Waals surface area contributed by atoms with Gasteiger partial charge in [-0.25, -0.2) is 0 Å². The SMILES string of the molecule is NCc1cccc(C2CCN(C(=O)c3cccc(NC(=O)C(O)CO)c3)CC2)c1. The maximum atomic E-state index is 12.9. The lowest BCUT2D eigenvalue weighted by Crippen LogP contribution is -2.38. The van der Waals surface area contributed by atoms with Gasteiger partial charge in [-0.3, -0.25) is 9.59 Å². The first kappa shape index (κ1) is 21.0. The number of aliphatic hydroxyl groups excluding tert-OH is 2. The minimum absolute atomic E-state index is 0.0852. The van der Waals surface area contributed by atoms with Crippen molar-refractivity contribution in [3.05, 3.63) is 65.2 Å². The number of aliphatic hydroxyl groups is 2. The largest absolute Gasteiger partial charge is 0.393 e. The number of nitrogens with one attached hydrogen (secondary N) is 1. The number of hydrogen-bond acceptors (Lipinski definition) is 5. The van der Waals surface area contributed by atoms with Crippen LogP contribution < -0.4 is 11.1 Å². The molecule has 3 rings (SSSR count). The molecule has 0 radical (unpaired) electrons.